The second-order valence-electron chi connectivity index (χ2n) is 4.40. The number of halogens is 1. The quantitative estimate of drug-likeness (QED) is 0.900. The Kier molecular flexibility index (Phi) is 4.26. The standard InChI is InChI=1S/C13H18ClNO2/c1-16-12-6-5-10(14)7-9(12)8-17-13-4-2-3-11(13)15/h5-7,11,13H,2-4,8,15H2,1H3. The van der Waals surface area contributed by atoms with Crippen LogP contribution in [0.2, 0.25) is 5.02 Å². The topological polar surface area (TPSA) is 44.5 Å². The number of hydrogen-bond donors (Lipinski definition) is 1. The van der Waals surface area contributed by atoms with Gasteiger partial charge in [0, 0.05) is 16.6 Å². The maximum absolute atomic E-state index is 5.96. The molecule has 0 aliphatic heterocycles. The molecular weight excluding hydrogens is 238 g/mol. The molecule has 1 fully saturated rings. The average Bonchev–Trinajstić information content (AvgIpc) is 2.72. The SMILES string of the molecule is COc1ccc(Cl)cc1COC1CCCC1N. The van der Waals surface area contributed by atoms with E-state index < -0.39 is 0 Å². The van der Waals surface area contributed by atoms with Crippen molar-refractivity contribution in [3.63, 3.8) is 0 Å². The summed E-state index contributed by atoms with van der Waals surface area (Å²) in [6, 6.07) is 5.71. The first-order valence-electron chi connectivity index (χ1n) is 5.90. The molecule has 17 heavy (non-hydrogen) atoms. The third kappa shape index (κ3) is 3.12. The van der Waals surface area contributed by atoms with E-state index in [4.69, 9.17) is 26.8 Å². The predicted octanol–water partition coefficient (Wildman–Crippen LogP) is 2.75. The van der Waals surface area contributed by atoms with E-state index in [9.17, 15) is 0 Å². The number of ether oxygens (including phenoxy) is 2. The van der Waals surface area contributed by atoms with Crippen LogP contribution in [0.25, 0.3) is 0 Å². The number of nitrogens with two attached hydrogens (primary N) is 1. The molecule has 4 heteroatoms. The zero-order valence-electron chi connectivity index (χ0n) is 9.99. The monoisotopic (exact) mass is 255 g/mol. The first-order chi connectivity index (χ1) is 8.20. The van der Waals surface area contributed by atoms with Gasteiger partial charge in [-0.2, -0.15) is 0 Å². The summed E-state index contributed by atoms with van der Waals surface area (Å²) in [5.41, 5.74) is 6.93. The molecule has 1 aliphatic carbocycles. The zero-order valence-corrected chi connectivity index (χ0v) is 10.7. The molecule has 1 aromatic rings. The summed E-state index contributed by atoms with van der Waals surface area (Å²) in [4.78, 5) is 0. The zero-order chi connectivity index (χ0) is 12.3. The van der Waals surface area contributed by atoms with Crippen molar-refractivity contribution in [3.05, 3.63) is 28.8 Å². The molecule has 2 rings (SSSR count). The summed E-state index contributed by atoms with van der Waals surface area (Å²) < 4.78 is 11.1. The summed E-state index contributed by atoms with van der Waals surface area (Å²) in [7, 11) is 1.65. The summed E-state index contributed by atoms with van der Waals surface area (Å²) in [6.07, 6.45) is 3.42. The van der Waals surface area contributed by atoms with Gasteiger partial charge in [-0.15, -0.1) is 0 Å². The highest BCUT2D eigenvalue weighted by Gasteiger charge is 2.24. The van der Waals surface area contributed by atoms with E-state index in [-0.39, 0.29) is 12.1 Å². The maximum Gasteiger partial charge on any atom is 0.124 e. The molecule has 2 atom stereocenters. The Bertz CT molecular complexity index is 384. The Morgan fingerprint density at radius 2 is 2.24 bits per heavy atom. The van der Waals surface area contributed by atoms with Gasteiger partial charge in [0.2, 0.25) is 0 Å². The minimum atomic E-state index is 0.165. The second-order valence-corrected chi connectivity index (χ2v) is 4.84. The normalized spacial score (nSPS) is 23.9. The van der Waals surface area contributed by atoms with E-state index in [0.717, 1.165) is 30.6 Å². The van der Waals surface area contributed by atoms with Crippen LogP contribution in [0.1, 0.15) is 24.8 Å². The largest absolute Gasteiger partial charge is 0.496 e. The number of hydrogen-bond acceptors (Lipinski definition) is 3. The van der Waals surface area contributed by atoms with Crippen LogP contribution in [-0.2, 0) is 11.3 Å². The van der Waals surface area contributed by atoms with Crippen LogP contribution in [0.3, 0.4) is 0 Å². The fourth-order valence-electron chi connectivity index (χ4n) is 2.22. The predicted molar refractivity (Wildman–Crippen MR) is 68.4 cm³/mol. The molecule has 0 spiro atoms. The molecule has 0 heterocycles. The first kappa shape index (κ1) is 12.7. The van der Waals surface area contributed by atoms with Crippen molar-refractivity contribution in [1.82, 2.24) is 0 Å². The van der Waals surface area contributed by atoms with Gasteiger partial charge in [0.05, 0.1) is 19.8 Å². The molecule has 1 aliphatic rings. The van der Waals surface area contributed by atoms with Crippen LogP contribution >= 0.6 is 11.6 Å². The van der Waals surface area contributed by atoms with Crippen LogP contribution in [0, 0.1) is 0 Å². The lowest BCUT2D eigenvalue weighted by Gasteiger charge is -2.17. The van der Waals surface area contributed by atoms with Crippen molar-refractivity contribution < 1.29 is 9.47 Å². The van der Waals surface area contributed by atoms with Gasteiger partial charge in [-0.3, -0.25) is 0 Å². The summed E-state index contributed by atoms with van der Waals surface area (Å²) in [6.45, 7) is 0.502. The summed E-state index contributed by atoms with van der Waals surface area (Å²) in [5, 5.41) is 0.695. The van der Waals surface area contributed by atoms with Crippen LogP contribution in [0.4, 0.5) is 0 Å². The second kappa shape index (κ2) is 5.71. The van der Waals surface area contributed by atoms with Crippen molar-refractivity contribution in [1.29, 1.82) is 0 Å². The molecule has 0 amide bonds. The van der Waals surface area contributed by atoms with Crippen molar-refractivity contribution in [2.24, 2.45) is 5.73 Å². The third-order valence-corrected chi connectivity index (χ3v) is 3.43. The van der Waals surface area contributed by atoms with Gasteiger partial charge >= 0.3 is 0 Å². The van der Waals surface area contributed by atoms with Gasteiger partial charge in [-0.1, -0.05) is 11.6 Å². The minimum absolute atomic E-state index is 0.165. The van der Waals surface area contributed by atoms with Gasteiger partial charge < -0.3 is 15.2 Å². The Balaban J connectivity index is 2.00. The van der Waals surface area contributed by atoms with Gasteiger partial charge in [-0.25, -0.2) is 0 Å². The molecule has 1 aromatic carbocycles. The van der Waals surface area contributed by atoms with E-state index in [1.807, 2.05) is 18.2 Å². The summed E-state index contributed by atoms with van der Waals surface area (Å²) in [5.74, 6) is 0.806. The molecule has 0 radical (unpaired) electrons. The lowest BCUT2D eigenvalue weighted by molar-refractivity contribution is 0.0347. The number of rotatable bonds is 4. The van der Waals surface area contributed by atoms with Crippen LogP contribution in [0.15, 0.2) is 18.2 Å². The van der Waals surface area contributed by atoms with Crippen molar-refractivity contribution in [2.45, 2.75) is 38.0 Å². The highest BCUT2D eigenvalue weighted by molar-refractivity contribution is 6.30. The van der Waals surface area contributed by atoms with Gasteiger partial charge in [0.25, 0.3) is 0 Å². The molecule has 0 bridgehead atoms. The molecule has 1 saturated carbocycles. The minimum Gasteiger partial charge on any atom is -0.496 e. The van der Waals surface area contributed by atoms with Crippen molar-refractivity contribution in [2.75, 3.05) is 7.11 Å². The lowest BCUT2D eigenvalue weighted by atomic mass is 10.2. The Labute approximate surface area is 107 Å². The number of benzene rings is 1. The highest BCUT2D eigenvalue weighted by atomic mass is 35.5. The summed E-state index contributed by atoms with van der Waals surface area (Å²) >= 11 is 5.96. The molecular formula is C13H18ClNO2. The third-order valence-electron chi connectivity index (χ3n) is 3.20. The van der Waals surface area contributed by atoms with Gasteiger partial charge in [-0.05, 0) is 37.5 Å². The smallest absolute Gasteiger partial charge is 0.124 e. The fourth-order valence-corrected chi connectivity index (χ4v) is 2.41. The molecule has 0 saturated heterocycles. The molecule has 3 nitrogen and oxygen atoms in total. The molecule has 2 unspecified atom stereocenters. The van der Waals surface area contributed by atoms with Crippen LogP contribution < -0.4 is 10.5 Å². The fraction of sp³-hybridized carbons (Fsp3) is 0.538. The van der Waals surface area contributed by atoms with Crippen molar-refractivity contribution in [3.8, 4) is 5.75 Å². The Hall–Kier alpha value is -0.770. The molecule has 2 N–H and O–H groups in total. The molecule has 0 aromatic heterocycles. The van der Waals surface area contributed by atoms with Gasteiger partial charge in [0.1, 0.15) is 5.75 Å². The average molecular weight is 256 g/mol. The van der Waals surface area contributed by atoms with Crippen molar-refractivity contribution >= 4 is 11.6 Å². The Morgan fingerprint density at radius 1 is 1.41 bits per heavy atom. The highest BCUT2D eigenvalue weighted by Crippen LogP contribution is 2.26. The molecule has 94 valence electrons. The Morgan fingerprint density at radius 3 is 2.88 bits per heavy atom. The van der Waals surface area contributed by atoms with Crippen LogP contribution in [-0.4, -0.2) is 19.3 Å². The first-order valence-corrected chi connectivity index (χ1v) is 6.28. The number of methoxy groups -OCH3 is 1. The van der Waals surface area contributed by atoms with Gasteiger partial charge in [0.15, 0.2) is 0 Å². The van der Waals surface area contributed by atoms with E-state index in [0.29, 0.717) is 11.6 Å². The lowest BCUT2D eigenvalue weighted by Crippen LogP contribution is -2.31. The van der Waals surface area contributed by atoms with E-state index in [1.165, 1.54) is 0 Å². The van der Waals surface area contributed by atoms with E-state index in [2.05, 4.69) is 0 Å². The maximum atomic E-state index is 5.96. The van der Waals surface area contributed by atoms with E-state index >= 15 is 0 Å². The van der Waals surface area contributed by atoms with Crippen LogP contribution in [0.5, 0.6) is 5.75 Å². The van der Waals surface area contributed by atoms with E-state index in [1.54, 1.807) is 7.11 Å².